The Morgan fingerprint density at radius 2 is 2.33 bits per heavy atom. The van der Waals surface area contributed by atoms with Gasteiger partial charge in [-0.1, -0.05) is 0 Å². The summed E-state index contributed by atoms with van der Waals surface area (Å²) in [5.41, 5.74) is 0. The van der Waals surface area contributed by atoms with Crippen LogP contribution in [0.1, 0.15) is 6.92 Å². The Kier molecular flexibility index (Phi) is 3.98. The summed E-state index contributed by atoms with van der Waals surface area (Å²) in [7, 11) is 0. The van der Waals surface area contributed by atoms with E-state index in [1.54, 1.807) is 11.6 Å². The van der Waals surface area contributed by atoms with Crippen molar-refractivity contribution in [2.45, 2.75) is 6.92 Å². The molecule has 2 N–H and O–H groups in total. The quantitative estimate of drug-likeness (QED) is 0.502. The minimum absolute atomic E-state index is 0.406. The highest BCUT2D eigenvalue weighted by Crippen LogP contribution is 1.65. The van der Waals surface area contributed by atoms with E-state index in [1.165, 1.54) is 0 Å². The van der Waals surface area contributed by atoms with Gasteiger partial charge in [-0.3, -0.25) is 8.93 Å². The fourth-order valence-electron chi connectivity index (χ4n) is 0.272. The predicted molar refractivity (Wildman–Crippen MR) is 31.1 cm³/mol. The maximum absolute atomic E-state index is 10.2. The van der Waals surface area contributed by atoms with Crippen molar-refractivity contribution in [2.75, 3.05) is 6.54 Å². The number of carbonyl (C=O) groups excluding carboxylic acids is 1. The van der Waals surface area contributed by atoms with Gasteiger partial charge >= 0.3 is 6.03 Å². The minimum atomic E-state index is -2.51. The molecule has 0 aliphatic carbocycles. The molecule has 0 aliphatic rings. The number of nitrogens with one attached hydrogen (secondary N) is 2. The molecule has 2 amide bonds. The van der Waals surface area contributed by atoms with Crippen molar-refractivity contribution in [3.05, 3.63) is 0 Å². The average Bonchev–Trinajstić information content (AvgIpc) is 1.63. The van der Waals surface area contributed by atoms with Gasteiger partial charge in [0.25, 0.3) is 0 Å². The molecule has 0 radical (unpaired) electrons. The third-order valence-electron chi connectivity index (χ3n) is 0.513. The van der Waals surface area contributed by atoms with Crippen molar-refractivity contribution >= 4 is 17.3 Å². The van der Waals surface area contributed by atoms with Crippen LogP contribution >= 0.6 is 0 Å². The van der Waals surface area contributed by atoms with E-state index in [2.05, 4.69) is 5.32 Å². The van der Waals surface area contributed by atoms with E-state index >= 15 is 0 Å². The third-order valence-corrected chi connectivity index (χ3v) is 0.865. The van der Waals surface area contributed by atoms with E-state index in [1.807, 2.05) is 0 Å². The maximum Gasteiger partial charge on any atom is 0.325 e. The number of rotatable bonds is 2. The molecule has 0 spiro atoms. The van der Waals surface area contributed by atoms with Gasteiger partial charge in [0.1, 0.15) is 0 Å². The second-order valence-corrected chi connectivity index (χ2v) is 1.87. The normalized spacial score (nSPS) is 12.2. The van der Waals surface area contributed by atoms with Gasteiger partial charge in [-0.25, -0.2) is 4.79 Å². The summed E-state index contributed by atoms with van der Waals surface area (Å²) in [4.78, 5) is 10.2. The van der Waals surface area contributed by atoms with Crippen LogP contribution in [0.2, 0.25) is 0 Å². The van der Waals surface area contributed by atoms with Crippen molar-refractivity contribution in [1.82, 2.24) is 10.0 Å². The van der Waals surface area contributed by atoms with Gasteiger partial charge in [0.05, 0.1) is 0 Å². The van der Waals surface area contributed by atoms with Crippen LogP contribution in [0.15, 0.2) is 0 Å². The molecule has 54 valence electrons. The van der Waals surface area contributed by atoms with Crippen LogP contribution in [0, 0.1) is 0 Å². The third kappa shape index (κ3) is 5.25. The molecule has 1 unspecified atom stereocenters. The van der Waals surface area contributed by atoms with Crippen LogP contribution in [0.3, 0.4) is 0 Å². The van der Waals surface area contributed by atoms with Gasteiger partial charge < -0.3 is 9.87 Å². The number of urea groups is 1. The maximum atomic E-state index is 10.2. The molecule has 0 aliphatic heterocycles. The highest BCUT2D eigenvalue weighted by atomic mass is 32.2. The Bertz CT molecular complexity index is 126. The topological polar surface area (TPSA) is 81.3 Å². The zero-order valence-corrected chi connectivity index (χ0v) is 5.66. The van der Waals surface area contributed by atoms with Crippen molar-refractivity contribution in [3.8, 4) is 0 Å². The largest absolute Gasteiger partial charge is 0.755 e. The number of hydrogen-bond acceptors (Lipinski definition) is 3. The lowest BCUT2D eigenvalue weighted by Crippen LogP contribution is -2.36. The summed E-state index contributed by atoms with van der Waals surface area (Å²) in [6, 6.07) is -0.703. The molecular weight excluding hydrogens is 144 g/mol. The lowest BCUT2D eigenvalue weighted by molar-refractivity contribution is 0.246. The molecule has 0 fully saturated rings. The van der Waals surface area contributed by atoms with Crippen LogP contribution in [-0.2, 0) is 11.3 Å². The molecule has 0 saturated heterocycles. The van der Waals surface area contributed by atoms with Crippen LogP contribution in [0.25, 0.3) is 0 Å². The van der Waals surface area contributed by atoms with Gasteiger partial charge in [-0.05, 0) is 6.92 Å². The zero-order chi connectivity index (χ0) is 7.28. The Labute approximate surface area is 55.2 Å². The fraction of sp³-hybridized carbons (Fsp3) is 0.667. The van der Waals surface area contributed by atoms with E-state index in [0.717, 1.165) is 0 Å². The van der Waals surface area contributed by atoms with Crippen molar-refractivity contribution in [3.63, 3.8) is 0 Å². The van der Waals surface area contributed by atoms with E-state index in [9.17, 15) is 13.6 Å². The Morgan fingerprint density at radius 3 is 2.67 bits per heavy atom. The lowest BCUT2D eigenvalue weighted by atomic mass is 10.7. The first kappa shape index (κ1) is 8.38. The summed E-state index contributed by atoms with van der Waals surface area (Å²) in [6.07, 6.45) is 0. The Balaban J connectivity index is 3.39. The average molecular weight is 151 g/mol. The molecule has 0 saturated carbocycles. The van der Waals surface area contributed by atoms with Gasteiger partial charge in [-0.15, -0.1) is 0 Å². The molecule has 6 heteroatoms. The molecule has 5 nitrogen and oxygen atoms in total. The van der Waals surface area contributed by atoms with E-state index in [-0.39, 0.29) is 0 Å². The van der Waals surface area contributed by atoms with Gasteiger partial charge in [0.15, 0.2) is 0 Å². The monoisotopic (exact) mass is 151 g/mol. The molecule has 0 rings (SSSR count). The van der Waals surface area contributed by atoms with Crippen LogP contribution in [-0.4, -0.2) is 21.3 Å². The second-order valence-electron chi connectivity index (χ2n) is 1.20. The molecule has 0 bridgehead atoms. The minimum Gasteiger partial charge on any atom is -0.755 e. The van der Waals surface area contributed by atoms with E-state index in [4.69, 9.17) is 0 Å². The number of amides is 2. The first-order valence-corrected chi connectivity index (χ1v) is 3.38. The molecule has 0 heterocycles. The SMILES string of the molecule is CCNC(=O)NS(=O)[O-]. The summed E-state index contributed by atoms with van der Waals surface area (Å²) >= 11 is -2.51. The summed E-state index contributed by atoms with van der Waals surface area (Å²) < 4.78 is 21.0. The van der Waals surface area contributed by atoms with E-state index < -0.39 is 17.3 Å². The first-order chi connectivity index (χ1) is 4.16. The highest BCUT2D eigenvalue weighted by Gasteiger charge is 1.92. The van der Waals surface area contributed by atoms with Crippen LogP contribution in [0.4, 0.5) is 4.79 Å². The van der Waals surface area contributed by atoms with Crippen molar-refractivity contribution in [1.29, 1.82) is 0 Å². The Morgan fingerprint density at radius 1 is 1.78 bits per heavy atom. The Hall–Kier alpha value is -0.620. The summed E-state index contributed by atoms with van der Waals surface area (Å²) in [5, 5.41) is 2.23. The van der Waals surface area contributed by atoms with Crippen LogP contribution < -0.4 is 10.0 Å². The molecular formula is C3H7N2O3S-. The lowest BCUT2D eigenvalue weighted by Gasteiger charge is -2.06. The first-order valence-electron chi connectivity index (χ1n) is 2.30. The summed E-state index contributed by atoms with van der Waals surface area (Å²) in [6.45, 7) is 2.09. The molecule has 0 aromatic heterocycles. The van der Waals surface area contributed by atoms with Gasteiger partial charge in [0, 0.05) is 17.8 Å². The van der Waals surface area contributed by atoms with Gasteiger partial charge in [-0.2, -0.15) is 0 Å². The summed E-state index contributed by atoms with van der Waals surface area (Å²) in [5.74, 6) is 0. The van der Waals surface area contributed by atoms with Crippen molar-refractivity contribution in [2.24, 2.45) is 0 Å². The number of hydrogen-bond donors (Lipinski definition) is 2. The van der Waals surface area contributed by atoms with Crippen molar-refractivity contribution < 1.29 is 13.6 Å². The smallest absolute Gasteiger partial charge is 0.325 e. The predicted octanol–water partition coefficient (Wildman–Crippen LogP) is -0.900. The molecule has 1 atom stereocenters. The van der Waals surface area contributed by atoms with E-state index in [0.29, 0.717) is 6.54 Å². The highest BCUT2D eigenvalue weighted by molar-refractivity contribution is 7.77. The van der Waals surface area contributed by atoms with Gasteiger partial charge in [0.2, 0.25) is 0 Å². The molecule has 0 aromatic rings. The van der Waals surface area contributed by atoms with Crippen LogP contribution in [0.5, 0.6) is 0 Å². The second kappa shape index (κ2) is 4.28. The molecule has 0 aromatic carbocycles. The number of carbonyl (C=O) groups is 1. The zero-order valence-electron chi connectivity index (χ0n) is 4.84. The molecule has 9 heavy (non-hydrogen) atoms. The fourth-order valence-corrected chi connectivity index (χ4v) is 0.496. The standard InChI is InChI=1S/C3H8N2O3S/c1-2-4-3(6)5-9(7)8/h2H2,1H3,(H,7,8)(H2,4,5,6)/p-1.